The van der Waals surface area contributed by atoms with E-state index in [2.05, 4.69) is 15.5 Å². The van der Waals surface area contributed by atoms with Gasteiger partial charge in [-0.05, 0) is 19.3 Å². The Labute approximate surface area is 105 Å². The highest BCUT2D eigenvalue weighted by atomic mass is 32.1. The van der Waals surface area contributed by atoms with E-state index >= 15 is 0 Å². The molecule has 94 valence electrons. The zero-order valence-corrected chi connectivity index (χ0v) is 10.7. The Bertz CT molecular complexity index is 350. The summed E-state index contributed by atoms with van der Waals surface area (Å²) in [5.74, 6) is -0.115. The first-order chi connectivity index (χ1) is 8.29. The highest BCUT2D eigenvalue weighted by Gasteiger charge is 2.24. The molecule has 0 saturated heterocycles. The third-order valence-corrected chi connectivity index (χ3v) is 3.52. The molecular formula is C11H17N3O2S. The second kappa shape index (κ2) is 6.07. The molecular weight excluding hydrogens is 238 g/mol. The third kappa shape index (κ3) is 3.47. The Morgan fingerprint density at radius 2 is 2.41 bits per heavy atom. The van der Waals surface area contributed by atoms with Crippen molar-refractivity contribution in [1.29, 1.82) is 0 Å². The first-order valence-corrected chi connectivity index (χ1v) is 6.90. The van der Waals surface area contributed by atoms with E-state index in [1.807, 2.05) is 6.92 Å². The summed E-state index contributed by atoms with van der Waals surface area (Å²) in [6.45, 7) is 1.96. The third-order valence-electron chi connectivity index (χ3n) is 2.91. The predicted octanol–water partition coefficient (Wildman–Crippen LogP) is 2.21. The van der Waals surface area contributed by atoms with E-state index in [-0.39, 0.29) is 18.1 Å². The molecule has 5 nitrogen and oxygen atoms in total. The quantitative estimate of drug-likeness (QED) is 0.876. The van der Waals surface area contributed by atoms with Crippen LogP contribution in [0.4, 0.5) is 5.13 Å². The summed E-state index contributed by atoms with van der Waals surface area (Å²) >= 11 is 1.31. The fraction of sp³-hybridized carbons (Fsp3) is 0.727. The van der Waals surface area contributed by atoms with Gasteiger partial charge in [0.1, 0.15) is 11.6 Å². The van der Waals surface area contributed by atoms with Crippen LogP contribution in [0.15, 0.2) is 5.51 Å². The van der Waals surface area contributed by atoms with Crippen LogP contribution in [-0.2, 0) is 9.53 Å². The first kappa shape index (κ1) is 12.4. The molecule has 0 aliphatic heterocycles. The topological polar surface area (TPSA) is 64.1 Å². The number of ether oxygens (including phenoxy) is 1. The molecule has 2 rings (SSSR count). The molecule has 1 amide bonds. The van der Waals surface area contributed by atoms with Gasteiger partial charge in [0, 0.05) is 0 Å². The van der Waals surface area contributed by atoms with Gasteiger partial charge in [-0.3, -0.25) is 10.1 Å². The lowest BCUT2D eigenvalue weighted by atomic mass is 10.2. The Balaban J connectivity index is 1.86. The van der Waals surface area contributed by atoms with Crippen molar-refractivity contribution in [2.75, 3.05) is 5.32 Å². The van der Waals surface area contributed by atoms with Crippen LogP contribution >= 0.6 is 11.3 Å². The number of rotatable bonds is 5. The molecule has 17 heavy (non-hydrogen) atoms. The largest absolute Gasteiger partial charge is 0.365 e. The normalized spacial score (nSPS) is 18.2. The van der Waals surface area contributed by atoms with Crippen molar-refractivity contribution < 1.29 is 9.53 Å². The van der Waals surface area contributed by atoms with E-state index in [0.717, 1.165) is 12.8 Å². The number of nitrogens with one attached hydrogen (secondary N) is 1. The van der Waals surface area contributed by atoms with Crippen molar-refractivity contribution in [2.24, 2.45) is 0 Å². The SMILES string of the molecule is CCC(OC1CCCC1)C(=O)Nc1nncs1. The average Bonchev–Trinajstić information content (AvgIpc) is 2.97. The standard InChI is InChI=1S/C11H17N3O2S/c1-2-9(16-8-5-3-4-6-8)10(15)13-11-14-12-7-17-11/h7-9H,2-6H2,1H3,(H,13,14,15). The smallest absolute Gasteiger partial charge is 0.255 e. The van der Waals surface area contributed by atoms with E-state index in [1.54, 1.807) is 5.51 Å². The molecule has 1 N–H and O–H groups in total. The minimum absolute atomic E-state index is 0.115. The summed E-state index contributed by atoms with van der Waals surface area (Å²) in [7, 11) is 0. The van der Waals surface area contributed by atoms with Gasteiger partial charge in [0.25, 0.3) is 5.91 Å². The number of carbonyl (C=O) groups is 1. The van der Waals surface area contributed by atoms with Gasteiger partial charge in [0.05, 0.1) is 6.10 Å². The van der Waals surface area contributed by atoms with Gasteiger partial charge in [-0.25, -0.2) is 0 Å². The lowest BCUT2D eigenvalue weighted by molar-refractivity contribution is -0.131. The fourth-order valence-corrected chi connectivity index (χ4v) is 2.46. The van der Waals surface area contributed by atoms with Gasteiger partial charge in [0.2, 0.25) is 5.13 Å². The van der Waals surface area contributed by atoms with E-state index in [9.17, 15) is 4.79 Å². The number of aromatic nitrogens is 2. The monoisotopic (exact) mass is 255 g/mol. The van der Waals surface area contributed by atoms with Crippen LogP contribution in [0.25, 0.3) is 0 Å². The van der Waals surface area contributed by atoms with Crippen molar-refractivity contribution in [3.05, 3.63) is 5.51 Å². The number of carbonyl (C=O) groups excluding carboxylic acids is 1. The summed E-state index contributed by atoms with van der Waals surface area (Å²) in [6.07, 6.45) is 5.12. The summed E-state index contributed by atoms with van der Waals surface area (Å²) in [6, 6.07) is 0. The first-order valence-electron chi connectivity index (χ1n) is 6.02. The zero-order chi connectivity index (χ0) is 12.1. The van der Waals surface area contributed by atoms with Gasteiger partial charge in [-0.15, -0.1) is 10.2 Å². The molecule has 0 bridgehead atoms. The van der Waals surface area contributed by atoms with Gasteiger partial charge in [-0.1, -0.05) is 31.1 Å². The molecule has 1 heterocycles. The van der Waals surface area contributed by atoms with E-state index in [4.69, 9.17) is 4.74 Å². The molecule has 1 aliphatic carbocycles. The maximum absolute atomic E-state index is 11.9. The van der Waals surface area contributed by atoms with Gasteiger partial charge in [0.15, 0.2) is 0 Å². The highest BCUT2D eigenvalue weighted by molar-refractivity contribution is 7.13. The maximum Gasteiger partial charge on any atom is 0.255 e. The van der Waals surface area contributed by atoms with E-state index in [0.29, 0.717) is 11.6 Å². The molecule has 1 aromatic heterocycles. The Morgan fingerprint density at radius 3 is 3.00 bits per heavy atom. The van der Waals surface area contributed by atoms with E-state index < -0.39 is 0 Å². The second-order valence-corrected chi connectivity index (χ2v) is 5.01. The second-order valence-electron chi connectivity index (χ2n) is 4.17. The summed E-state index contributed by atoms with van der Waals surface area (Å²) in [5.41, 5.74) is 1.59. The summed E-state index contributed by atoms with van der Waals surface area (Å²) < 4.78 is 5.82. The number of anilines is 1. The van der Waals surface area contributed by atoms with Crippen LogP contribution in [0.3, 0.4) is 0 Å². The highest BCUT2D eigenvalue weighted by Crippen LogP contribution is 2.23. The molecule has 1 unspecified atom stereocenters. The van der Waals surface area contributed by atoms with Crippen molar-refractivity contribution in [1.82, 2.24) is 10.2 Å². The summed E-state index contributed by atoms with van der Waals surface area (Å²) in [5, 5.41) is 10.7. The van der Waals surface area contributed by atoms with Crippen LogP contribution in [-0.4, -0.2) is 28.3 Å². The van der Waals surface area contributed by atoms with Crippen molar-refractivity contribution >= 4 is 22.4 Å². The zero-order valence-electron chi connectivity index (χ0n) is 9.89. The Kier molecular flexibility index (Phi) is 4.44. The minimum Gasteiger partial charge on any atom is -0.365 e. The molecule has 0 spiro atoms. The molecule has 1 aromatic rings. The Hall–Kier alpha value is -1.01. The summed E-state index contributed by atoms with van der Waals surface area (Å²) in [4.78, 5) is 11.9. The van der Waals surface area contributed by atoms with Gasteiger partial charge >= 0.3 is 0 Å². The maximum atomic E-state index is 11.9. The molecule has 6 heteroatoms. The number of hydrogen-bond donors (Lipinski definition) is 1. The molecule has 1 aliphatic rings. The fourth-order valence-electron chi connectivity index (χ4n) is 2.01. The van der Waals surface area contributed by atoms with Crippen molar-refractivity contribution in [3.8, 4) is 0 Å². The number of amides is 1. The number of nitrogens with zero attached hydrogens (tertiary/aromatic N) is 2. The average molecular weight is 255 g/mol. The predicted molar refractivity (Wildman–Crippen MR) is 66.0 cm³/mol. The lowest BCUT2D eigenvalue weighted by Gasteiger charge is -2.19. The lowest BCUT2D eigenvalue weighted by Crippen LogP contribution is -2.32. The van der Waals surface area contributed by atoms with E-state index in [1.165, 1.54) is 24.2 Å². The van der Waals surface area contributed by atoms with Crippen molar-refractivity contribution in [2.45, 2.75) is 51.2 Å². The minimum atomic E-state index is -0.373. The number of hydrogen-bond acceptors (Lipinski definition) is 5. The molecule has 1 fully saturated rings. The Morgan fingerprint density at radius 1 is 1.65 bits per heavy atom. The molecule has 0 aromatic carbocycles. The van der Waals surface area contributed by atoms with Crippen LogP contribution in [0.1, 0.15) is 39.0 Å². The molecule has 1 atom stereocenters. The van der Waals surface area contributed by atoms with Crippen LogP contribution in [0.5, 0.6) is 0 Å². The van der Waals surface area contributed by atoms with Crippen LogP contribution < -0.4 is 5.32 Å². The van der Waals surface area contributed by atoms with Crippen molar-refractivity contribution in [3.63, 3.8) is 0 Å². The van der Waals surface area contributed by atoms with Gasteiger partial charge < -0.3 is 4.74 Å². The van der Waals surface area contributed by atoms with Crippen LogP contribution in [0, 0.1) is 0 Å². The van der Waals surface area contributed by atoms with Crippen LogP contribution in [0.2, 0.25) is 0 Å². The molecule has 1 saturated carbocycles. The van der Waals surface area contributed by atoms with Gasteiger partial charge in [-0.2, -0.15) is 0 Å². The molecule has 0 radical (unpaired) electrons.